The highest BCUT2D eigenvalue weighted by molar-refractivity contribution is 5.25. The van der Waals surface area contributed by atoms with Gasteiger partial charge in [-0.3, -0.25) is 4.98 Å². The normalized spacial score (nSPS) is 18.1. The van der Waals surface area contributed by atoms with Gasteiger partial charge in [-0.25, -0.2) is 0 Å². The lowest BCUT2D eigenvalue weighted by molar-refractivity contribution is 0.535. The Morgan fingerprint density at radius 1 is 1.64 bits per heavy atom. The average Bonchev–Trinajstić information content (AvgIpc) is 2.99. The van der Waals surface area contributed by atoms with Crippen LogP contribution in [0.2, 0.25) is 0 Å². The highest BCUT2D eigenvalue weighted by Crippen LogP contribution is 2.24. The second-order valence-electron chi connectivity index (χ2n) is 3.96. The molecule has 3 nitrogen and oxygen atoms in total. The minimum absolute atomic E-state index is 0.274. The second kappa shape index (κ2) is 4.07. The molecule has 1 aromatic rings. The van der Waals surface area contributed by atoms with Crippen molar-refractivity contribution in [1.82, 2.24) is 10.3 Å². The molecule has 1 heterocycles. The first-order valence-electron chi connectivity index (χ1n) is 5.18. The molecule has 1 aliphatic carbocycles. The molecule has 0 saturated heterocycles. The maximum Gasteiger partial charge on any atom is 0.0464 e. The summed E-state index contributed by atoms with van der Waals surface area (Å²) < 4.78 is 0. The number of aromatic nitrogens is 1. The summed E-state index contributed by atoms with van der Waals surface area (Å²) in [7, 11) is 0. The average molecular weight is 191 g/mol. The third-order valence-corrected chi connectivity index (χ3v) is 2.70. The molecule has 1 aromatic heterocycles. The molecule has 0 bridgehead atoms. The standard InChI is InChI=1S/C11H17N3/c1-8-4-5-13-7-10(8)11(6-12)14-9-2-3-9/h4-5,7,9,11,14H,2-3,6,12H2,1H3. The topological polar surface area (TPSA) is 50.9 Å². The van der Waals surface area contributed by atoms with Gasteiger partial charge in [-0.15, -0.1) is 0 Å². The fourth-order valence-corrected chi connectivity index (χ4v) is 1.66. The van der Waals surface area contributed by atoms with Crippen molar-refractivity contribution in [3.05, 3.63) is 29.6 Å². The van der Waals surface area contributed by atoms with Crippen molar-refractivity contribution in [1.29, 1.82) is 0 Å². The van der Waals surface area contributed by atoms with Crippen molar-refractivity contribution in [2.24, 2.45) is 5.73 Å². The number of nitrogens with one attached hydrogen (secondary N) is 1. The Morgan fingerprint density at radius 3 is 3.00 bits per heavy atom. The van der Waals surface area contributed by atoms with E-state index in [0.29, 0.717) is 12.6 Å². The Hall–Kier alpha value is -0.930. The Bertz CT molecular complexity index is 307. The molecule has 0 radical (unpaired) electrons. The van der Waals surface area contributed by atoms with Crippen LogP contribution in [0.4, 0.5) is 0 Å². The SMILES string of the molecule is Cc1ccncc1C(CN)NC1CC1. The maximum absolute atomic E-state index is 5.76. The zero-order valence-corrected chi connectivity index (χ0v) is 8.53. The van der Waals surface area contributed by atoms with Crippen LogP contribution >= 0.6 is 0 Å². The molecule has 2 rings (SSSR count). The summed E-state index contributed by atoms with van der Waals surface area (Å²) >= 11 is 0. The van der Waals surface area contributed by atoms with Gasteiger partial charge in [0, 0.05) is 31.0 Å². The molecule has 3 heteroatoms. The van der Waals surface area contributed by atoms with Gasteiger partial charge in [0.05, 0.1) is 0 Å². The lowest BCUT2D eigenvalue weighted by atomic mass is 10.0. The van der Waals surface area contributed by atoms with Crippen LogP contribution in [0.1, 0.15) is 30.0 Å². The molecule has 0 aromatic carbocycles. The van der Waals surface area contributed by atoms with Gasteiger partial charge in [-0.2, -0.15) is 0 Å². The third-order valence-electron chi connectivity index (χ3n) is 2.70. The molecule has 3 N–H and O–H groups in total. The molecule has 1 atom stereocenters. The predicted molar refractivity (Wildman–Crippen MR) is 56.9 cm³/mol. The third kappa shape index (κ3) is 2.11. The van der Waals surface area contributed by atoms with Gasteiger partial charge in [-0.1, -0.05) is 0 Å². The smallest absolute Gasteiger partial charge is 0.0464 e. The summed E-state index contributed by atoms with van der Waals surface area (Å²) in [6, 6.07) is 2.99. The lowest BCUT2D eigenvalue weighted by Crippen LogP contribution is -2.30. The fourth-order valence-electron chi connectivity index (χ4n) is 1.66. The second-order valence-corrected chi connectivity index (χ2v) is 3.96. The number of nitrogens with two attached hydrogens (primary N) is 1. The minimum atomic E-state index is 0.274. The Kier molecular flexibility index (Phi) is 2.79. The zero-order valence-electron chi connectivity index (χ0n) is 8.53. The number of hydrogen-bond acceptors (Lipinski definition) is 3. The highest BCUT2D eigenvalue weighted by Gasteiger charge is 2.25. The highest BCUT2D eigenvalue weighted by atomic mass is 15.0. The molecule has 14 heavy (non-hydrogen) atoms. The van der Waals surface area contributed by atoms with Gasteiger partial charge in [0.25, 0.3) is 0 Å². The predicted octanol–water partition coefficient (Wildman–Crippen LogP) is 1.14. The molecule has 0 amide bonds. The van der Waals surface area contributed by atoms with E-state index in [1.807, 2.05) is 18.5 Å². The molecular formula is C11H17N3. The lowest BCUT2D eigenvalue weighted by Gasteiger charge is -2.18. The monoisotopic (exact) mass is 191 g/mol. The van der Waals surface area contributed by atoms with E-state index in [1.54, 1.807) is 0 Å². The van der Waals surface area contributed by atoms with Crippen molar-refractivity contribution in [2.75, 3.05) is 6.54 Å². The van der Waals surface area contributed by atoms with Crippen LogP contribution in [0.25, 0.3) is 0 Å². The van der Waals surface area contributed by atoms with Crippen LogP contribution < -0.4 is 11.1 Å². The summed E-state index contributed by atoms with van der Waals surface area (Å²) in [4.78, 5) is 4.15. The molecule has 1 fully saturated rings. The van der Waals surface area contributed by atoms with Crippen molar-refractivity contribution >= 4 is 0 Å². The molecule has 0 spiro atoms. The van der Waals surface area contributed by atoms with Crippen LogP contribution in [0.15, 0.2) is 18.5 Å². The Morgan fingerprint density at radius 2 is 2.43 bits per heavy atom. The summed E-state index contributed by atoms with van der Waals surface area (Å²) in [5.74, 6) is 0. The largest absolute Gasteiger partial charge is 0.329 e. The van der Waals surface area contributed by atoms with Crippen molar-refractivity contribution in [3.63, 3.8) is 0 Å². The van der Waals surface area contributed by atoms with E-state index >= 15 is 0 Å². The van der Waals surface area contributed by atoms with E-state index in [0.717, 1.165) is 0 Å². The van der Waals surface area contributed by atoms with Crippen LogP contribution in [-0.4, -0.2) is 17.6 Å². The Balaban J connectivity index is 2.12. The zero-order chi connectivity index (χ0) is 9.97. The van der Waals surface area contributed by atoms with E-state index in [2.05, 4.69) is 17.2 Å². The molecule has 0 aliphatic heterocycles. The fraction of sp³-hybridized carbons (Fsp3) is 0.545. The summed E-state index contributed by atoms with van der Waals surface area (Å²) in [6.07, 6.45) is 6.32. The molecule has 1 unspecified atom stereocenters. The first-order valence-corrected chi connectivity index (χ1v) is 5.18. The van der Waals surface area contributed by atoms with Crippen molar-refractivity contribution in [3.8, 4) is 0 Å². The van der Waals surface area contributed by atoms with E-state index in [-0.39, 0.29) is 6.04 Å². The number of hydrogen-bond donors (Lipinski definition) is 2. The van der Waals surface area contributed by atoms with Gasteiger partial charge in [0.1, 0.15) is 0 Å². The first-order chi connectivity index (χ1) is 6.81. The van der Waals surface area contributed by atoms with Crippen molar-refractivity contribution < 1.29 is 0 Å². The molecule has 76 valence electrons. The van der Waals surface area contributed by atoms with E-state index < -0.39 is 0 Å². The summed E-state index contributed by atoms with van der Waals surface area (Å²) in [6.45, 7) is 2.75. The van der Waals surface area contributed by atoms with E-state index in [4.69, 9.17) is 5.73 Å². The maximum atomic E-state index is 5.76. The molecule has 1 aliphatic rings. The van der Waals surface area contributed by atoms with E-state index in [9.17, 15) is 0 Å². The summed E-state index contributed by atoms with van der Waals surface area (Å²) in [5, 5.41) is 3.53. The Labute approximate surface area is 84.7 Å². The van der Waals surface area contributed by atoms with Gasteiger partial charge >= 0.3 is 0 Å². The van der Waals surface area contributed by atoms with Crippen LogP contribution in [0, 0.1) is 6.92 Å². The first kappa shape index (κ1) is 9.62. The van der Waals surface area contributed by atoms with Crippen LogP contribution in [0.3, 0.4) is 0 Å². The van der Waals surface area contributed by atoms with Crippen molar-refractivity contribution in [2.45, 2.75) is 31.8 Å². The van der Waals surface area contributed by atoms with Gasteiger partial charge < -0.3 is 11.1 Å². The van der Waals surface area contributed by atoms with Gasteiger partial charge in [0.2, 0.25) is 0 Å². The molecule has 1 saturated carbocycles. The minimum Gasteiger partial charge on any atom is -0.329 e. The summed E-state index contributed by atoms with van der Waals surface area (Å²) in [5.41, 5.74) is 8.26. The van der Waals surface area contributed by atoms with Crippen LogP contribution in [0.5, 0.6) is 0 Å². The number of pyridine rings is 1. The van der Waals surface area contributed by atoms with Gasteiger partial charge in [0.15, 0.2) is 0 Å². The number of aryl methyl sites for hydroxylation is 1. The van der Waals surface area contributed by atoms with E-state index in [1.165, 1.54) is 24.0 Å². The number of rotatable bonds is 4. The van der Waals surface area contributed by atoms with Gasteiger partial charge in [-0.05, 0) is 37.0 Å². The molecular weight excluding hydrogens is 174 g/mol. The number of nitrogens with zero attached hydrogens (tertiary/aromatic N) is 1. The quantitative estimate of drug-likeness (QED) is 0.750. The van der Waals surface area contributed by atoms with Crippen LogP contribution in [-0.2, 0) is 0 Å².